The van der Waals surface area contributed by atoms with Gasteiger partial charge < -0.3 is 10.5 Å². The summed E-state index contributed by atoms with van der Waals surface area (Å²) in [7, 11) is 0. The molecule has 10 nitrogen and oxygen atoms in total. The number of benzene rings is 1. The molecule has 1 fully saturated rings. The van der Waals surface area contributed by atoms with Crippen LogP contribution in [0.15, 0.2) is 26.5 Å². The second-order valence-corrected chi connectivity index (χ2v) is 8.20. The maximum Gasteiger partial charge on any atom is 0.349 e. The maximum atomic E-state index is 12.3. The average Bonchev–Trinajstić information content (AvgIpc) is 3.36. The SMILES string of the molecule is Nc1nn(-c2cc(Cl)c(Oc3n[nH]c(=O)c4c3CCC43CC3)c(Cl)c2)c(=O)[nH]c1=O. The van der Waals surface area contributed by atoms with Crippen LogP contribution in [0.4, 0.5) is 5.82 Å². The Labute approximate surface area is 177 Å². The highest BCUT2D eigenvalue weighted by Gasteiger charge is 2.51. The average molecular weight is 449 g/mol. The van der Waals surface area contributed by atoms with E-state index in [0.717, 1.165) is 35.1 Å². The van der Waals surface area contributed by atoms with E-state index in [-0.39, 0.29) is 44.2 Å². The van der Waals surface area contributed by atoms with Crippen molar-refractivity contribution in [3.63, 3.8) is 0 Å². The number of fused-ring (bicyclic) bond motifs is 2. The Morgan fingerprint density at radius 3 is 2.47 bits per heavy atom. The molecule has 2 aromatic heterocycles. The van der Waals surface area contributed by atoms with Crippen molar-refractivity contribution < 1.29 is 4.74 Å². The van der Waals surface area contributed by atoms with E-state index >= 15 is 0 Å². The third-order valence-corrected chi connectivity index (χ3v) is 6.12. The molecule has 0 radical (unpaired) electrons. The van der Waals surface area contributed by atoms with Gasteiger partial charge in [0.25, 0.3) is 11.1 Å². The van der Waals surface area contributed by atoms with Gasteiger partial charge in [0, 0.05) is 16.5 Å². The molecule has 4 N–H and O–H groups in total. The lowest BCUT2D eigenvalue weighted by Gasteiger charge is -2.14. The van der Waals surface area contributed by atoms with E-state index in [4.69, 9.17) is 33.7 Å². The molecule has 5 rings (SSSR count). The molecular formula is C18H14Cl2N6O4. The standard InChI is InChI=1S/C18H14Cl2N6O4/c19-9-5-7(26-17(29)22-15(28)13(21)25-26)6-10(20)12(9)30-16-8-1-2-18(3-4-18)11(8)14(27)23-24-16/h5-6H,1-4H2,(H2,21,25)(H,23,27)(H,22,28,29). The molecule has 1 spiro atoms. The molecule has 3 aromatic rings. The van der Waals surface area contributed by atoms with E-state index in [1.165, 1.54) is 12.1 Å². The van der Waals surface area contributed by atoms with E-state index in [1.807, 2.05) is 4.98 Å². The minimum Gasteiger partial charge on any atom is -0.434 e. The number of aromatic nitrogens is 5. The third kappa shape index (κ3) is 2.83. The van der Waals surface area contributed by atoms with Crippen molar-refractivity contribution in [2.24, 2.45) is 0 Å². The maximum absolute atomic E-state index is 12.3. The molecular weight excluding hydrogens is 435 g/mol. The van der Waals surface area contributed by atoms with Crippen LogP contribution < -0.4 is 27.3 Å². The van der Waals surface area contributed by atoms with Crippen molar-refractivity contribution in [2.45, 2.75) is 31.1 Å². The summed E-state index contributed by atoms with van der Waals surface area (Å²) < 4.78 is 6.75. The van der Waals surface area contributed by atoms with Crippen LogP contribution in [-0.2, 0) is 11.8 Å². The number of nitrogens with one attached hydrogen (secondary N) is 2. The van der Waals surface area contributed by atoms with Gasteiger partial charge in [-0.3, -0.25) is 14.6 Å². The van der Waals surface area contributed by atoms with Crippen LogP contribution in [0.25, 0.3) is 5.69 Å². The van der Waals surface area contributed by atoms with Crippen molar-refractivity contribution in [2.75, 3.05) is 5.73 Å². The summed E-state index contributed by atoms with van der Waals surface area (Å²) in [6.07, 6.45) is 3.53. The van der Waals surface area contributed by atoms with Gasteiger partial charge in [-0.05, 0) is 37.8 Å². The number of anilines is 1. The van der Waals surface area contributed by atoms with Crippen LogP contribution in [0.5, 0.6) is 11.6 Å². The van der Waals surface area contributed by atoms with E-state index in [0.29, 0.717) is 6.42 Å². The summed E-state index contributed by atoms with van der Waals surface area (Å²) in [6.45, 7) is 0. The Kier molecular flexibility index (Phi) is 4.06. The molecule has 0 amide bonds. The molecule has 12 heteroatoms. The number of nitrogens with zero attached hydrogens (tertiary/aromatic N) is 3. The van der Waals surface area contributed by atoms with Gasteiger partial charge in [0.15, 0.2) is 5.75 Å². The van der Waals surface area contributed by atoms with Gasteiger partial charge >= 0.3 is 5.69 Å². The monoisotopic (exact) mass is 448 g/mol. The molecule has 1 aromatic carbocycles. The Balaban J connectivity index is 1.56. The number of aromatic amines is 2. The molecule has 0 atom stereocenters. The summed E-state index contributed by atoms with van der Waals surface area (Å²) >= 11 is 12.7. The molecule has 0 saturated heterocycles. The fourth-order valence-electron chi connectivity index (χ4n) is 3.94. The fraction of sp³-hybridized carbons (Fsp3) is 0.278. The zero-order valence-electron chi connectivity index (χ0n) is 15.3. The Morgan fingerprint density at radius 1 is 1.10 bits per heavy atom. The van der Waals surface area contributed by atoms with Gasteiger partial charge in [-0.25, -0.2) is 9.89 Å². The third-order valence-electron chi connectivity index (χ3n) is 5.56. The first-order chi connectivity index (χ1) is 14.3. The number of hydrogen-bond acceptors (Lipinski definition) is 7. The van der Waals surface area contributed by atoms with Crippen LogP contribution in [0, 0.1) is 0 Å². The van der Waals surface area contributed by atoms with Gasteiger partial charge in [0.05, 0.1) is 15.7 Å². The minimum absolute atomic E-state index is 0.0571. The molecule has 30 heavy (non-hydrogen) atoms. The highest BCUT2D eigenvalue weighted by atomic mass is 35.5. The van der Waals surface area contributed by atoms with Crippen molar-refractivity contribution in [3.8, 4) is 17.3 Å². The molecule has 0 aliphatic heterocycles. The number of rotatable bonds is 3. The molecule has 2 aliphatic carbocycles. The van der Waals surface area contributed by atoms with Crippen LogP contribution in [0.1, 0.15) is 30.4 Å². The zero-order chi connectivity index (χ0) is 21.2. The predicted molar refractivity (Wildman–Crippen MR) is 109 cm³/mol. The number of nitrogen functional groups attached to an aromatic ring is 1. The number of ether oxygens (including phenoxy) is 1. The van der Waals surface area contributed by atoms with Crippen molar-refractivity contribution >= 4 is 29.0 Å². The van der Waals surface area contributed by atoms with Crippen molar-refractivity contribution in [1.29, 1.82) is 0 Å². The smallest absolute Gasteiger partial charge is 0.349 e. The largest absolute Gasteiger partial charge is 0.434 e. The quantitative estimate of drug-likeness (QED) is 0.551. The number of H-pyrrole nitrogens is 2. The topological polar surface area (TPSA) is 149 Å². The fourth-order valence-corrected chi connectivity index (χ4v) is 4.49. The van der Waals surface area contributed by atoms with Crippen LogP contribution in [-0.4, -0.2) is 25.0 Å². The van der Waals surface area contributed by atoms with Crippen molar-refractivity contribution in [1.82, 2.24) is 25.0 Å². The summed E-state index contributed by atoms with van der Waals surface area (Å²) in [4.78, 5) is 37.8. The van der Waals surface area contributed by atoms with Crippen molar-refractivity contribution in [3.05, 3.63) is 64.5 Å². The Hall–Kier alpha value is -3.11. The number of nitrogens with two attached hydrogens (primary N) is 1. The van der Waals surface area contributed by atoms with Gasteiger partial charge in [0.2, 0.25) is 11.7 Å². The summed E-state index contributed by atoms with van der Waals surface area (Å²) in [5.74, 6) is -0.0243. The van der Waals surface area contributed by atoms with Gasteiger partial charge in [-0.15, -0.1) is 10.2 Å². The summed E-state index contributed by atoms with van der Waals surface area (Å²) in [5.41, 5.74) is 5.32. The molecule has 2 heterocycles. The molecule has 2 aliphatic rings. The zero-order valence-corrected chi connectivity index (χ0v) is 16.8. The number of halogens is 2. The lowest BCUT2D eigenvalue weighted by Crippen LogP contribution is -2.33. The Morgan fingerprint density at radius 2 is 1.80 bits per heavy atom. The summed E-state index contributed by atoms with van der Waals surface area (Å²) in [6, 6.07) is 2.78. The van der Waals surface area contributed by atoms with E-state index in [1.54, 1.807) is 0 Å². The lowest BCUT2D eigenvalue weighted by atomic mass is 10.0. The first-order valence-electron chi connectivity index (χ1n) is 9.07. The summed E-state index contributed by atoms with van der Waals surface area (Å²) in [5, 5.41) is 10.4. The van der Waals surface area contributed by atoms with Gasteiger partial charge in [-0.1, -0.05) is 23.2 Å². The van der Waals surface area contributed by atoms with Crippen LogP contribution >= 0.6 is 23.2 Å². The van der Waals surface area contributed by atoms with Gasteiger partial charge in [-0.2, -0.15) is 4.68 Å². The molecule has 0 bridgehead atoms. The van der Waals surface area contributed by atoms with E-state index < -0.39 is 11.2 Å². The van der Waals surface area contributed by atoms with Crippen LogP contribution in [0.3, 0.4) is 0 Å². The molecule has 0 unspecified atom stereocenters. The Bertz CT molecular complexity index is 1370. The van der Waals surface area contributed by atoms with Gasteiger partial charge in [0.1, 0.15) is 0 Å². The lowest BCUT2D eigenvalue weighted by molar-refractivity contribution is 0.448. The minimum atomic E-state index is -0.801. The molecule has 1 saturated carbocycles. The predicted octanol–water partition coefficient (Wildman–Crippen LogP) is 1.66. The van der Waals surface area contributed by atoms with Crippen LogP contribution in [0.2, 0.25) is 10.0 Å². The highest BCUT2D eigenvalue weighted by molar-refractivity contribution is 6.37. The second-order valence-electron chi connectivity index (χ2n) is 7.39. The first kappa shape index (κ1) is 18.9. The molecule has 154 valence electrons. The first-order valence-corrected chi connectivity index (χ1v) is 9.83. The number of hydrogen-bond donors (Lipinski definition) is 3. The second kappa shape index (κ2) is 6.44. The van der Waals surface area contributed by atoms with E-state index in [9.17, 15) is 14.4 Å². The highest BCUT2D eigenvalue weighted by Crippen LogP contribution is 2.56. The normalized spacial score (nSPS) is 15.9. The van der Waals surface area contributed by atoms with E-state index in [2.05, 4.69) is 15.3 Å².